The number of hydrogen-bond acceptors (Lipinski definition) is 4. The molecule has 4 nitrogen and oxygen atoms in total. The molecule has 0 radical (unpaired) electrons. The van der Waals surface area contributed by atoms with Gasteiger partial charge in [-0.1, -0.05) is 34.1 Å². The van der Waals surface area contributed by atoms with Crippen LogP contribution in [0.15, 0.2) is 41.1 Å². The summed E-state index contributed by atoms with van der Waals surface area (Å²) in [5.41, 5.74) is 1.89. The molecule has 2 aromatic rings. The number of anilines is 1. The second-order valence-electron chi connectivity index (χ2n) is 4.00. The molecule has 2 rings (SSSR count). The van der Waals surface area contributed by atoms with Crippen LogP contribution in [0.25, 0.3) is 0 Å². The van der Waals surface area contributed by atoms with Gasteiger partial charge in [-0.3, -0.25) is 0 Å². The summed E-state index contributed by atoms with van der Waals surface area (Å²) in [6.07, 6.45) is 3.28. The van der Waals surface area contributed by atoms with Crippen molar-refractivity contribution in [2.24, 2.45) is 0 Å². The van der Waals surface area contributed by atoms with Crippen LogP contribution in [0.1, 0.15) is 11.1 Å². The van der Waals surface area contributed by atoms with Crippen molar-refractivity contribution >= 4 is 21.9 Å². The third kappa shape index (κ3) is 3.05. The Balaban J connectivity index is 2.11. The molecule has 1 N–H and O–H groups in total. The fraction of sp³-hybridized carbons (Fsp3) is 0.231. The van der Waals surface area contributed by atoms with Crippen LogP contribution >= 0.6 is 15.9 Å². The summed E-state index contributed by atoms with van der Waals surface area (Å²) in [5, 5.41) is 8.94. The lowest BCUT2D eigenvalue weighted by molar-refractivity contribution is 0.281. The van der Waals surface area contributed by atoms with E-state index in [1.807, 2.05) is 30.1 Å². The summed E-state index contributed by atoms with van der Waals surface area (Å²) in [6, 6.07) is 8.06. The first kappa shape index (κ1) is 13.0. The Bertz CT molecular complexity index is 516. The maximum absolute atomic E-state index is 8.94. The van der Waals surface area contributed by atoms with E-state index in [0.717, 1.165) is 11.0 Å². The maximum Gasteiger partial charge on any atom is 0.225 e. The van der Waals surface area contributed by atoms with E-state index in [2.05, 4.69) is 32.0 Å². The molecule has 0 bridgehead atoms. The smallest absolute Gasteiger partial charge is 0.225 e. The minimum Gasteiger partial charge on any atom is -0.392 e. The third-order valence-electron chi connectivity index (χ3n) is 2.58. The largest absolute Gasteiger partial charge is 0.392 e. The van der Waals surface area contributed by atoms with Crippen molar-refractivity contribution in [1.29, 1.82) is 0 Å². The minimum absolute atomic E-state index is 0.0335. The molecule has 94 valence electrons. The lowest BCUT2D eigenvalue weighted by atomic mass is 10.2. The van der Waals surface area contributed by atoms with Gasteiger partial charge in [-0.25, -0.2) is 9.97 Å². The predicted octanol–water partition coefficient (Wildman–Crippen LogP) is 2.37. The van der Waals surface area contributed by atoms with Crippen LogP contribution in [0, 0.1) is 0 Å². The molecule has 0 fully saturated rings. The van der Waals surface area contributed by atoms with Gasteiger partial charge in [0, 0.05) is 36.0 Å². The van der Waals surface area contributed by atoms with Crippen LogP contribution in [0.2, 0.25) is 0 Å². The molecule has 0 unspecified atom stereocenters. The standard InChI is InChI=1S/C13H14BrN3O/c1-17(8-11-4-2-3-5-12(11)14)13-15-6-10(9-18)7-16-13/h2-7,18H,8-9H2,1H3. The first-order chi connectivity index (χ1) is 8.70. The van der Waals surface area contributed by atoms with E-state index in [4.69, 9.17) is 5.11 Å². The zero-order valence-corrected chi connectivity index (χ0v) is 11.6. The van der Waals surface area contributed by atoms with Crippen LogP contribution in [-0.2, 0) is 13.2 Å². The fourth-order valence-corrected chi connectivity index (χ4v) is 1.99. The molecular weight excluding hydrogens is 294 g/mol. The van der Waals surface area contributed by atoms with Crippen molar-refractivity contribution in [1.82, 2.24) is 9.97 Å². The molecule has 0 saturated heterocycles. The number of aliphatic hydroxyl groups is 1. The van der Waals surface area contributed by atoms with Crippen LogP contribution in [-0.4, -0.2) is 22.1 Å². The first-order valence-electron chi connectivity index (χ1n) is 5.57. The highest BCUT2D eigenvalue weighted by Gasteiger charge is 2.07. The van der Waals surface area contributed by atoms with Crippen molar-refractivity contribution in [2.45, 2.75) is 13.2 Å². The molecular formula is C13H14BrN3O. The van der Waals surface area contributed by atoms with Gasteiger partial charge >= 0.3 is 0 Å². The summed E-state index contributed by atoms with van der Waals surface area (Å²) in [4.78, 5) is 10.4. The summed E-state index contributed by atoms with van der Waals surface area (Å²) >= 11 is 3.52. The molecule has 0 amide bonds. The first-order valence-corrected chi connectivity index (χ1v) is 6.36. The Labute approximate surface area is 114 Å². The number of benzene rings is 1. The van der Waals surface area contributed by atoms with Gasteiger partial charge in [0.05, 0.1) is 6.61 Å². The van der Waals surface area contributed by atoms with Gasteiger partial charge in [-0.2, -0.15) is 0 Å². The summed E-state index contributed by atoms with van der Waals surface area (Å²) < 4.78 is 1.07. The number of aromatic nitrogens is 2. The molecule has 0 atom stereocenters. The van der Waals surface area contributed by atoms with E-state index in [1.54, 1.807) is 12.4 Å². The van der Waals surface area contributed by atoms with E-state index in [1.165, 1.54) is 5.56 Å². The Morgan fingerprint density at radius 2 is 1.89 bits per heavy atom. The quantitative estimate of drug-likeness (QED) is 0.942. The van der Waals surface area contributed by atoms with Gasteiger partial charge in [0.15, 0.2) is 0 Å². The zero-order chi connectivity index (χ0) is 13.0. The van der Waals surface area contributed by atoms with Gasteiger partial charge in [0.1, 0.15) is 0 Å². The molecule has 1 heterocycles. The van der Waals surface area contributed by atoms with Crippen molar-refractivity contribution in [2.75, 3.05) is 11.9 Å². The van der Waals surface area contributed by atoms with E-state index < -0.39 is 0 Å². The second kappa shape index (κ2) is 5.93. The highest BCUT2D eigenvalue weighted by atomic mass is 79.9. The Kier molecular flexibility index (Phi) is 4.28. The summed E-state index contributed by atoms with van der Waals surface area (Å²) in [5.74, 6) is 0.642. The van der Waals surface area contributed by atoms with E-state index in [0.29, 0.717) is 11.5 Å². The molecule has 1 aromatic heterocycles. The normalized spacial score (nSPS) is 10.4. The van der Waals surface area contributed by atoms with Crippen molar-refractivity contribution < 1.29 is 5.11 Å². The average molecular weight is 308 g/mol. The fourth-order valence-electron chi connectivity index (χ4n) is 1.58. The molecule has 0 aliphatic carbocycles. The number of nitrogens with zero attached hydrogens (tertiary/aromatic N) is 3. The van der Waals surface area contributed by atoms with E-state index >= 15 is 0 Å². The van der Waals surface area contributed by atoms with Gasteiger partial charge < -0.3 is 10.0 Å². The average Bonchev–Trinajstić information content (AvgIpc) is 2.41. The van der Waals surface area contributed by atoms with Crippen LogP contribution < -0.4 is 4.90 Å². The Morgan fingerprint density at radius 1 is 1.22 bits per heavy atom. The lowest BCUT2D eigenvalue weighted by Gasteiger charge is -2.17. The molecule has 5 heteroatoms. The topological polar surface area (TPSA) is 49.2 Å². The summed E-state index contributed by atoms with van der Waals surface area (Å²) in [7, 11) is 1.94. The third-order valence-corrected chi connectivity index (χ3v) is 3.35. The molecule has 0 aliphatic rings. The monoisotopic (exact) mass is 307 g/mol. The summed E-state index contributed by atoms with van der Waals surface area (Å²) in [6.45, 7) is 0.689. The molecule has 0 saturated carbocycles. The molecule has 0 aliphatic heterocycles. The predicted molar refractivity (Wildman–Crippen MR) is 74.2 cm³/mol. The minimum atomic E-state index is -0.0335. The van der Waals surface area contributed by atoms with Crippen molar-refractivity contribution in [3.63, 3.8) is 0 Å². The van der Waals surface area contributed by atoms with E-state index in [9.17, 15) is 0 Å². The lowest BCUT2D eigenvalue weighted by Crippen LogP contribution is -2.19. The second-order valence-corrected chi connectivity index (χ2v) is 4.85. The number of hydrogen-bond donors (Lipinski definition) is 1. The van der Waals surface area contributed by atoms with Crippen LogP contribution in [0.3, 0.4) is 0 Å². The van der Waals surface area contributed by atoms with Gasteiger partial charge in [-0.05, 0) is 11.6 Å². The van der Waals surface area contributed by atoms with Gasteiger partial charge in [0.2, 0.25) is 5.95 Å². The van der Waals surface area contributed by atoms with E-state index in [-0.39, 0.29) is 6.61 Å². The van der Waals surface area contributed by atoms with Gasteiger partial charge in [0.25, 0.3) is 0 Å². The SMILES string of the molecule is CN(Cc1ccccc1Br)c1ncc(CO)cn1. The van der Waals surface area contributed by atoms with Crippen molar-refractivity contribution in [3.05, 3.63) is 52.3 Å². The highest BCUT2D eigenvalue weighted by molar-refractivity contribution is 9.10. The van der Waals surface area contributed by atoms with Gasteiger partial charge in [-0.15, -0.1) is 0 Å². The molecule has 18 heavy (non-hydrogen) atoms. The Morgan fingerprint density at radius 3 is 2.50 bits per heavy atom. The van der Waals surface area contributed by atoms with Crippen molar-refractivity contribution in [3.8, 4) is 0 Å². The zero-order valence-electron chi connectivity index (χ0n) is 10.0. The molecule has 1 aromatic carbocycles. The number of halogens is 1. The maximum atomic E-state index is 8.94. The molecule has 0 spiro atoms. The number of aliphatic hydroxyl groups excluding tert-OH is 1. The number of rotatable bonds is 4. The Hall–Kier alpha value is -1.46. The van der Waals surface area contributed by atoms with Crippen LogP contribution in [0.4, 0.5) is 5.95 Å². The van der Waals surface area contributed by atoms with Crippen LogP contribution in [0.5, 0.6) is 0 Å². The highest BCUT2D eigenvalue weighted by Crippen LogP contribution is 2.18.